The van der Waals surface area contributed by atoms with Gasteiger partial charge in [0.1, 0.15) is 11.9 Å². The van der Waals surface area contributed by atoms with Crippen molar-refractivity contribution in [2.24, 2.45) is 7.05 Å². The first-order valence-corrected chi connectivity index (χ1v) is 7.52. The third kappa shape index (κ3) is 2.48. The van der Waals surface area contributed by atoms with Crippen LogP contribution in [-0.4, -0.2) is 40.1 Å². The fourth-order valence-corrected chi connectivity index (χ4v) is 3.12. The van der Waals surface area contributed by atoms with Crippen LogP contribution in [0, 0.1) is 6.92 Å². The molecule has 0 saturated carbocycles. The van der Waals surface area contributed by atoms with Gasteiger partial charge >= 0.3 is 0 Å². The molecule has 0 spiro atoms. The molecule has 3 rings (SSSR count). The molecule has 106 valence electrons. The molecule has 0 bridgehead atoms. The Balaban J connectivity index is 1.77. The van der Waals surface area contributed by atoms with Crippen LogP contribution in [0.1, 0.15) is 28.0 Å². The minimum atomic E-state index is -0.148. The fourth-order valence-electron chi connectivity index (χ4n) is 2.49. The van der Waals surface area contributed by atoms with E-state index in [1.807, 2.05) is 46.5 Å². The minimum Gasteiger partial charge on any atom is -0.367 e. The Morgan fingerprint density at radius 1 is 1.55 bits per heavy atom. The maximum atomic E-state index is 12.4. The average molecular weight is 291 g/mol. The number of hydrogen-bond acceptors (Lipinski definition) is 4. The highest BCUT2D eigenvalue weighted by molar-refractivity contribution is 7.08. The molecule has 1 saturated heterocycles. The molecule has 1 unspecified atom stereocenters. The molecular weight excluding hydrogens is 274 g/mol. The molecule has 1 atom stereocenters. The van der Waals surface area contributed by atoms with Gasteiger partial charge in [-0.05, 0) is 18.4 Å². The minimum absolute atomic E-state index is 0.0745. The van der Waals surface area contributed by atoms with Crippen molar-refractivity contribution in [3.63, 3.8) is 0 Å². The molecule has 0 radical (unpaired) electrons. The third-order valence-electron chi connectivity index (χ3n) is 3.44. The SMILES string of the molecule is Cc1cn(C)c(C2CN(C(=O)c3ccsc3)CCO2)n1. The second kappa shape index (κ2) is 5.38. The molecule has 20 heavy (non-hydrogen) atoms. The second-order valence-electron chi connectivity index (χ2n) is 4.97. The predicted octanol–water partition coefficient (Wildman–Crippen LogP) is 2.00. The quantitative estimate of drug-likeness (QED) is 0.850. The predicted molar refractivity (Wildman–Crippen MR) is 76.9 cm³/mol. The highest BCUT2D eigenvalue weighted by Crippen LogP contribution is 2.23. The summed E-state index contributed by atoms with van der Waals surface area (Å²) in [4.78, 5) is 18.7. The highest BCUT2D eigenvalue weighted by Gasteiger charge is 2.28. The van der Waals surface area contributed by atoms with Gasteiger partial charge in [-0.2, -0.15) is 11.3 Å². The monoisotopic (exact) mass is 291 g/mol. The molecule has 3 heterocycles. The van der Waals surface area contributed by atoms with Gasteiger partial charge in [0.15, 0.2) is 0 Å². The van der Waals surface area contributed by atoms with Gasteiger partial charge in [0.2, 0.25) is 0 Å². The van der Waals surface area contributed by atoms with E-state index in [0.717, 1.165) is 17.1 Å². The number of thiophene rings is 1. The number of aryl methyl sites for hydroxylation is 2. The lowest BCUT2D eigenvalue weighted by atomic mass is 10.2. The van der Waals surface area contributed by atoms with Crippen molar-refractivity contribution in [3.05, 3.63) is 40.1 Å². The van der Waals surface area contributed by atoms with Crippen LogP contribution >= 0.6 is 11.3 Å². The first kappa shape index (κ1) is 13.3. The molecule has 1 fully saturated rings. The lowest BCUT2D eigenvalue weighted by Crippen LogP contribution is -2.42. The van der Waals surface area contributed by atoms with Gasteiger partial charge in [0, 0.05) is 25.2 Å². The lowest BCUT2D eigenvalue weighted by molar-refractivity contribution is -0.0279. The molecule has 2 aromatic heterocycles. The lowest BCUT2D eigenvalue weighted by Gasteiger charge is -2.32. The number of hydrogen-bond donors (Lipinski definition) is 0. The molecular formula is C14H17N3O2S. The molecule has 0 aromatic carbocycles. The topological polar surface area (TPSA) is 47.4 Å². The van der Waals surface area contributed by atoms with E-state index >= 15 is 0 Å². The Morgan fingerprint density at radius 2 is 2.40 bits per heavy atom. The van der Waals surface area contributed by atoms with Crippen LogP contribution in [0.3, 0.4) is 0 Å². The van der Waals surface area contributed by atoms with E-state index in [9.17, 15) is 4.79 Å². The molecule has 1 amide bonds. The smallest absolute Gasteiger partial charge is 0.254 e. The van der Waals surface area contributed by atoms with Gasteiger partial charge in [-0.3, -0.25) is 4.79 Å². The van der Waals surface area contributed by atoms with Gasteiger partial charge in [0.05, 0.1) is 24.4 Å². The van der Waals surface area contributed by atoms with Crippen molar-refractivity contribution >= 4 is 17.2 Å². The van der Waals surface area contributed by atoms with Gasteiger partial charge in [0.25, 0.3) is 5.91 Å². The molecule has 1 aliphatic heterocycles. The zero-order valence-electron chi connectivity index (χ0n) is 11.6. The average Bonchev–Trinajstić information content (AvgIpc) is 3.08. The Bertz CT molecular complexity index is 606. The number of carbonyl (C=O) groups excluding carboxylic acids is 1. The summed E-state index contributed by atoms with van der Waals surface area (Å²) < 4.78 is 7.75. The van der Waals surface area contributed by atoms with Crippen LogP contribution in [-0.2, 0) is 11.8 Å². The normalized spacial score (nSPS) is 19.3. The van der Waals surface area contributed by atoms with E-state index in [2.05, 4.69) is 4.98 Å². The van der Waals surface area contributed by atoms with E-state index < -0.39 is 0 Å². The first-order chi connectivity index (χ1) is 9.65. The third-order valence-corrected chi connectivity index (χ3v) is 4.13. The maximum Gasteiger partial charge on any atom is 0.254 e. The Hall–Kier alpha value is -1.66. The maximum absolute atomic E-state index is 12.4. The van der Waals surface area contributed by atoms with Gasteiger partial charge in [-0.1, -0.05) is 0 Å². The van der Waals surface area contributed by atoms with Crippen LogP contribution < -0.4 is 0 Å². The van der Waals surface area contributed by atoms with Crippen LogP contribution in [0.15, 0.2) is 23.0 Å². The van der Waals surface area contributed by atoms with Crippen molar-refractivity contribution < 1.29 is 9.53 Å². The number of morpholine rings is 1. The summed E-state index contributed by atoms with van der Waals surface area (Å²) in [5, 5.41) is 3.81. The Kier molecular flexibility index (Phi) is 3.58. The molecule has 1 aliphatic rings. The summed E-state index contributed by atoms with van der Waals surface area (Å²) in [7, 11) is 1.96. The zero-order chi connectivity index (χ0) is 14.1. The summed E-state index contributed by atoms with van der Waals surface area (Å²) in [6.45, 7) is 3.70. The molecule has 2 aromatic rings. The molecule has 0 aliphatic carbocycles. The van der Waals surface area contributed by atoms with Gasteiger partial charge in [-0.15, -0.1) is 0 Å². The Labute approximate surface area is 121 Å². The molecule has 0 N–H and O–H groups in total. The summed E-state index contributed by atoms with van der Waals surface area (Å²) >= 11 is 1.54. The zero-order valence-corrected chi connectivity index (χ0v) is 12.4. The molecule has 5 nitrogen and oxygen atoms in total. The van der Waals surface area contributed by atoms with Crippen LogP contribution in [0.5, 0.6) is 0 Å². The largest absolute Gasteiger partial charge is 0.367 e. The number of rotatable bonds is 2. The number of imidazole rings is 1. The van der Waals surface area contributed by atoms with Crippen molar-refractivity contribution in [2.45, 2.75) is 13.0 Å². The van der Waals surface area contributed by atoms with Crippen LogP contribution in [0.25, 0.3) is 0 Å². The van der Waals surface area contributed by atoms with E-state index in [4.69, 9.17) is 4.74 Å². The van der Waals surface area contributed by atoms with E-state index in [0.29, 0.717) is 19.7 Å². The fraction of sp³-hybridized carbons (Fsp3) is 0.429. The molecule has 6 heteroatoms. The van der Waals surface area contributed by atoms with E-state index in [1.165, 1.54) is 11.3 Å². The van der Waals surface area contributed by atoms with Crippen molar-refractivity contribution in [2.75, 3.05) is 19.7 Å². The summed E-state index contributed by atoms with van der Waals surface area (Å²) in [6, 6.07) is 1.86. The van der Waals surface area contributed by atoms with E-state index in [1.54, 1.807) is 0 Å². The van der Waals surface area contributed by atoms with Gasteiger partial charge < -0.3 is 14.2 Å². The number of ether oxygens (including phenoxy) is 1. The second-order valence-corrected chi connectivity index (χ2v) is 5.75. The first-order valence-electron chi connectivity index (χ1n) is 6.58. The summed E-state index contributed by atoms with van der Waals surface area (Å²) in [5.41, 5.74) is 1.72. The van der Waals surface area contributed by atoms with Crippen LogP contribution in [0.4, 0.5) is 0 Å². The van der Waals surface area contributed by atoms with Crippen LogP contribution in [0.2, 0.25) is 0 Å². The highest BCUT2D eigenvalue weighted by atomic mass is 32.1. The van der Waals surface area contributed by atoms with Crippen molar-refractivity contribution in [1.29, 1.82) is 0 Å². The Morgan fingerprint density at radius 3 is 3.05 bits per heavy atom. The number of carbonyl (C=O) groups is 1. The number of amides is 1. The number of aromatic nitrogens is 2. The van der Waals surface area contributed by atoms with Crippen molar-refractivity contribution in [3.8, 4) is 0 Å². The number of nitrogens with zero attached hydrogens (tertiary/aromatic N) is 3. The summed E-state index contributed by atoms with van der Waals surface area (Å²) in [5.74, 6) is 0.954. The van der Waals surface area contributed by atoms with E-state index in [-0.39, 0.29) is 12.0 Å². The van der Waals surface area contributed by atoms with Gasteiger partial charge in [-0.25, -0.2) is 4.98 Å². The summed E-state index contributed by atoms with van der Waals surface area (Å²) in [6.07, 6.45) is 1.82. The van der Waals surface area contributed by atoms with Crippen molar-refractivity contribution in [1.82, 2.24) is 14.5 Å². The standard InChI is InChI=1S/C14H17N3O2S/c1-10-7-16(2)13(15-10)12-8-17(4-5-19-12)14(18)11-3-6-20-9-11/h3,6-7,9,12H,4-5,8H2,1-2H3.